The molecule has 0 saturated carbocycles. The molecule has 3 aromatic rings. The van der Waals surface area contributed by atoms with Crippen molar-refractivity contribution in [3.8, 4) is 17.1 Å². The van der Waals surface area contributed by atoms with Gasteiger partial charge >= 0.3 is 0 Å². The number of methoxy groups -OCH3 is 1. The number of carbonyl (C=O) groups excluding carboxylic acids is 1. The fraction of sp³-hybridized carbons (Fsp3) is 0.318. The lowest BCUT2D eigenvalue weighted by molar-refractivity contribution is -0.120. The Morgan fingerprint density at radius 3 is 2.79 bits per heavy atom. The van der Waals surface area contributed by atoms with Gasteiger partial charge in [0.25, 0.3) is 0 Å². The number of nitrogens with one attached hydrogen (secondary N) is 1. The van der Waals surface area contributed by atoms with Crippen LogP contribution < -0.4 is 10.1 Å². The third kappa shape index (κ3) is 4.87. The predicted molar refractivity (Wildman–Crippen MR) is 123 cm³/mol. The van der Waals surface area contributed by atoms with Crippen LogP contribution in [-0.4, -0.2) is 49.0 Å². The fourth-order valence-electron chi connectivity index (χ4n) is 3.75. The first kappa shape index (κ1) is 23.2. The lowest BCUT2D eigenvalue weighted by Crippen LogP contribution is -2.43. The molecule has 9 nitrogen and oxygen atoms in total. The molecule has 4 rings (SSSR count). The Morgan fingerprint density at radius 2 is 2.06 bits per heavy atom. The van der Waals surface area contributed by atoms with E-state index in [0.29, 0.717) is 42.3 Å². The van der Waals surface area contributed by atoms with E-state index >= 15 is 0 Å². The van der Waals surface area contributed by atoms with Gasteiger partial charge in [0.15, 0.2) is 0 Å². The van der Waals surface area contributed by atoms with E-state index in [1.807, 2.05) is 0 Å². The number of anilines is 1. The van der Waals surface area contributed by atoms with Crippen LogP contribution in [0.25, 0.3) is 11.4 Å². The van der Waals surface area contributed by atoms with E-state index in [9.17, 15) is 13.2 Å². The second-order valence-corrected chi connectivity index (χ2v) is 9.99. The van der Waals surface area contributed by atoms with Gasteiger partial charge in [-0.3, -0.25) is 4.79 Å². The van der Waals surface area contributed by atoms with Crippen molar-refractivity contribution in [3.63, 3.8) is 0 Å². The molecule has 1 N–H and O–H groups in total. The summed E-state index contributed by atoms with van der Waals surface area (Å²) in [6.45, 7) is 1.99. The molecule has 1 aliphatic heterocycles. The molecule has 0 unspecified atom stereocenters. The molecule has 1 fully saturated rings. The summed E-state index contributed by atoms with van der Waals surface area (Å²) in [6, 6.07) is 11.6. The van der Waals surface area contributed by atoms with Gasteiger partial charge in [0, 0.05) is 25.6 Å². The van der Waals surface area contributed by atoms with Crippen molar-refractivity contribution in [2.45, 2.75) is 24.7 Å². The minimum atomic E-state index is -3.96. The zero-order valence-corrected chi connectivity index (χ0v) is 19.7. The third-order valence-corrected chi connectivity index (χ3v) is 7.80. The third-order valence-electron chi connectivity index (χ3n) is 5.45. The summed E-state index contributed by atoms with van der Waals surface area (Å²) in [5.41, 5.74) is 1.01. The fourth-order valence-corrected chi connectivity index (χ4v) is 5.78. The number of hydrogen-bond acceptors (Lipinski definition) is 7. The normalized spacial score (nSPS) is 17.0. The molecule has 0 radical (unpaired) electrons. The van der Waals surface area contributed by atoms with Crippen molar-refractivity contribution >= 4 is 33.2 Å². The first-order chi connectivity index (χ1) is 15.8. The molecule has 0 bridgehead atoms. The minimum absolute atomic E-state index is 0.0468. The van der Waals surface area contributed by atoms with Gasteiger partial charge in [-0.2, -0.15) is 9.29 Å². The van der Waals surface area contributed by atoms with Crippen LogP contribution in [0.5, 0.6) is 5.75 Å². The molecule has 11 heteroatoms. The Kier molecular flexibility index (Phi) is 6.68. The van der Waals surface area contributed by atoms with Crippen LogP contribution in [0.4, 0.5) is 5.69 Å². The summed E-state index contributed by atoms with van der Waals surface area (Å²) in [5.74, 6) is 0.394. The molecular weight excluding hydrogens is 468 g/mol. The van der Waals surface area contributed by atoms with Crippen LogP contribution >= 0.6 is 11.6 Å². The van der Waals surface area contributed by atoms with Crippen molar-refractivity contribution in [2.24, 2.45) is 5.92 Å². The van der Waals surface area contributed by atoms with Crippen LogP contribution in [0, 0.1) is 12.8 Å². The maximum absolute atomic E-state index is 13.4. The smallest absolute Gasteiger partial charge is 0.244 e. The van der Waals surface area contributed by atoms with Gasteiger partial charge < -0.3 is 14.6 Å². The van der Waals surface area contributed by atoms with Gasteiger partial charge in [-0.25, -0.2) is 8.42 Å². The molecule has 2 aromatic carbocycles. The van der Waals surface area contributed by atoms with Crippen LogP contribution in [0.15, 0.2) is 51.9 Å². The molecular formula is C22H23ClN4O5S. The molecule has 1 atom stereocenters. The van der Waals surface area contributed by atoms with Gasteiger partial charge in [0.05, 0.1) is 23.7 Å². The Bertz CT molecular complexity index is 1280. The average molecular weight is 491 g/mol. The highest BCUT2D eigenvalue weighted by atomic mass is 35.5. The van der Waals surface area contributed by atoms with E-state index in [4.69, 9.17) is 20.9 Å². The first-order valence-electron chi connectivity index (χ1n) is 10.3. The number of hydrogen-bond donors (Lipinski definition) is 1. The second-order valence-electron chi connectivity index (χ2n) is 7.67. The predicted octanol–water partition coefficient (Wildman–Crippen LogP) is 3.75. The van der Waals surface area contributed by atoms with E-state index in [-0.39, 0.29) is 28.2 Å². The van der Waals surface area contributed by atoms with E-state index in [2.05, 4.69) is 15.5 Å². The SMILES string of the molecule is COc1ccccc1NC(=O)[C@H]1CCCN(S(=O)(=O)c2cc(-c3noc(C)n3)ccc2Cl)C1. The zero-order chi connectivity index (χ0) is 23.6. The van der Waals surface area contributed by atoms with Gasteiger partial charge in [0.2, 0.25) is 27.6 Å². The highest BCUT2D eigenvalue weighted by Crippen LogP contribution is 2.32. The number of sulfonamides is 1. The number of piperidine rings is 1. The monoisotopic (exact) mass is 490 g/mol. The average Bonchev–Trinajstić information content (AvgIpc) is 3.26. The quantitative estimate of drug-likeness (QED) is 0.559. The highest BCUT2D eigenvalue weighted by Gasteiger charge is 2.35. The lowest BCUT2D eigenvalue weighted by atomic mass is 9.98. The molecule has 1 aromatic heterocycles. The largest absolute Gasteiger partial charge is 0.495 e. The Hall–Kier alpha value is -2.95. The van der Waals surface area contributed by atoms with Crippen molar-refractivity contribution in [1.29, 1.82) is 0 Å². The minimum Gasteiger partial charge on any atom is -0.495 e. The lowest BCUT2D eigenvalue weighted by Gasteiger charge is -2.31. The summed E-state index contributed by atoms with van der Waals surface area (Å²) in [6.07, 6.45) is 1.12. The van der Waals surface area contributed by atoms with Crippen molar-refractivity contribution < 1.29 is 22.5 Å². The van der Waals surface area contributed by atoms with Crippen LogP contribution in [-0.2, 0) is 14.8 Å². The molecule has 1 saturated heterocycles. The van der Waals surface area contributed by atoms with Crippen molar-refractivity contribution in [1.82, 2.24) is 14.4 Å². The molecule has 33 heavy (non-hydrogen) atoms. The van der Waals surface area contributed by atoms with Crippen LogP contribution in [0.1, 0.15) is 18.7 Å². The van der Waals surface area contributed by atoms with E-state index in [1.54, 1.807) is 37.3 Å². The molecule has 1 aliphatic rings. The molecule has 0 spiro atoms. The molecule has 174 valence electrons. The summed E-state index contributed by atoms with van der Waals surface area (Å²) < 4.78 is 38.5. The number of halogens is 1. The van der Waals surface area contributed by atoms with E-state index in [0.717, 1.165) is 0 Å². The Balaban J connectivity index is 1.55. The maximum Gasteiger partial charge on any atom is 0.244 e. The van der Waals surface area contributed by atoms with E-state index in [1.165, 1.54) is 23.5 Å². The van der Waals surface area contributed by atoms with Crippen molar-refractivity contribution in [2.75, 3.05) is 25.5 Å². The maximum atomic E-state index is 13.4. The standard InChI is InChI=1S/C22H23ClN4O5S/c1-14-24-21(26-32-14)15-9-10-17(23)20(12-15)33(29,30)27-11-5-6-16(13-27)22(28)25-18-7-3-4-8-19(18)31-2/h3-4,7-10,12,16H,5-6,11,13H2,1-2H3,(H,25,28)/t16-/m0/s1. The number of benzene rings is 2. The van der Waals surface area contributed by atoms with Crippen LogP contribution in [0.2, 0.25) is 5.02 Å². The summed E-state index contributed by atoms with van der Waals surface area (Å²) in [5, 5.41) is 6.77. The number of aromatic nitrogens is 2. The number of carbonyl (C=O) groups is 1. The summed E-state index contributed by atoms with van der Waals surface area (Å²) in [4.78, 5) is 17.0. The molecule has 1 amide bonds. The van der Waals surface area contributed by atoms with Crippen LogP contribution in [0.3, 0.4) is 0 Å². The summed E-state index contributed by atoms with van der Waals surface area (Å²) in [7, 11) is -2.44. The number of ether oxygens (including phenoxy) is 1. The number of para-hydroxylation sites is 2. The first-order valence-corrected chi connectivity index (χ1v) is 12.2. The number of nitrogens with zero attached hydrogens (tertiary/aromatic N) is 3. The van der Waals surface area contributed by atoms with Crippen molar-refractivity contribution in [3.05, 3.63) is 53.4 Å². The van der Waals surface area contributed by atoms with Gasteiger partial charge in [-0.1, -0.05) is 28.9 Å². The number of amides is 1. The zero-order valence-electron chi connectivity index (χ0n) is 18.1. The Labute approximate surface area is 196 Å². The highest BCUT2D eigenvalue weighted by molar-refractivity contribution is 7.89. The molecule has 2 heterocycles. The summed E-state index contributed by atoms with van der Waals surface area (Å²) >= 11 is 6.27. The topological polar surface area (TPSA) is 115 Å². The Morgan fingerprint density at radius 1 is 1.27 bits per heavy atom. The van der Waals surface area contributed by atoms with Gasteiger partial charge in [-0.15, -0.1) is 0 Å². The number of rotatable bonds is 6. The molecule has 0 aliphatic carbocycles. The number of aryl methyl sites for hydroxylation is 1. The second kappa shape index (κ2) is 9.50. The van der Waals surface area contributed by atoms with Gasteiger partial charge in [0.1, 0.15) is 10.6 Å². The van der Waals surface area contributed by atoms with Gasteiger partial charge in [-0.05, 0) is 43.2 Å². The van der Waals surface area contributed by atoms with E-state index < -0.39 is 15.9 Å².